The summed E-state index contributed by atoms with van der Waals surface area (Å²) in [6.07, 6.45) is 0.501. The highest BCUT2D eigenvalue weighted by Crippen LogP contribution is 2.24. The molecule has 0 spiro atoms. The smallest absolute Gasteiger partial charge is 0.242 e. The normalized spacial score (nSPS) is 11.8. The van der Waals surface area contributed by atoms with Crippen LogP contribution in [0.2, 0.25) is 5.02 Å². The van der Waals surface area contributed by atoms with Gasteiger partial charge in [-0.15, -0.1) is 11.8 Å². The molecule has 0 saturated carbocycles. The lowest BCUT2D eigenvalue weighted by Gasteiger charge is -2.30. The third-order valence-electron chi connectivity index (χ3n) is 4.64. The molecule has 0 aliphatic heterocycles. The first-order valence-corrected chi connectivity index (χ1v) is 11.0. The number of halogens is 2. The summed E-state index contributed by atoms with van der Waals surface area (Å²) in [6.45, 7) is 4.21. The van der Waals surface area contributed by atoms with E-state index in [1.54, 1.807) is 24.1 Å². The van der Waals surface area contributed by atoms with Crippen molar-refractivity contribution in [1.82, 2.24) is 10.2 Å². The molecule has 0 aromatic heterocycles. The average Bonchev–Trinajstić information content (AvgIpc) is 2.71. The Morgan fingerprint density at radius 2 is 1.90 bits per heavy atom. The van der Waals surface area contributed by atoms with Crippen molar-refractivity contribution in [3.63, 3.8) is 0 Å². The third-order valence-corrected chi connectivity index (χ3v) is 5.94. The maximum Gasteiger partial charge on any atom is 0.242 e. The number of hydrogen-bond donors (Lipinski definition) is 1. The lowest BCUT2D eigenvalue weighted by Crippen LogP contribution is -2.48. The topological polar surface area (TPSA) is 49.4 Å². The summed E-state index contributed by atoms with van der Waals surface area (Å²) < 4.78 is 13.9. The van der Waals surface area contributed by atoms with E-state index in [4.69, 9.17) is 11.6 Å². The fourth-order valence-electron chi connectivity index (χ4n) is 2.97. The first-order chi connectivity index (χ1) is 13.9. The van der Waals surface area contributed by atoms with Gasteiger partial charge in [0.1, 0.15) is 11.9 Å². The maximum absolute atomic E-state index is 13.9. The van der Waals surface area contributed by atoms with Gasteiger partial charge in [-0.25, -0.2) is 4.39 Å². The Morgan fingerprint density at radius 3 is 2.48 bits per heavy atom. The Bertz CT molecular complexity index is 825. The van der Waals surface area contributed by atoms with E-state index in [9.17, 15) is 14.0 Å². The van der Waals surface area contributed by atoms with Crippen molar-refractivity contribution < 1.29 is 14.0 Å². The van der Waals surface area contributed by atoms with Gasteiger partial charge in [0, 0.05) is 29.9 Å². The van der Waals surface area contributed by atoms with E-state index in [1.165, 1.54) is 17.8 Å². The zero-order valence-electron chi connectivity index (χ0n) is 16.9. The zero-order valence-corrected chi connectivity index (χ0v) is 18.4. The van der Waals surface area contributed by atoms with E-state index in [2.05, 4.69) is 5.32 Å². The van der Waals surface area contributed by atoms with Crippen LogP contribution in [0.15, 0.2) is 42.5 Å². The first-order valence-electron chi connectivity index (χ1n) is 9.44. The second-order valence-electron chi connectivity index (χ2n) is 6.74. The van der Waals surface area contributed by atoms with E-state index in [-0.39, 0.29) is 29.1 Å². The Balaban J connectivity index is 2.12. The summed E-state index contributed by atoms with van der Waals surface area (Å²) in [5.74, 6) is -0.338. The van der Waals surface area contributed by atoms with Crippen LogP contribution in [0.3, 0.4) is 0 Å². The molecule has 0 heterocycles. The van der Waals surface area contributed by atoms with Crippen LogP contribution in [-0.2, 0) is 21.9 Å². The van der Waals surface area contributed by atoms with Gasteiger partial charge in [0.25, 0.3) is 0 Å². The van der Waals surface area contributed by atoms with E-state index in [0.29, 0.717) is 23.6 Å². The molecule has 2 aromatic carbocycles. The fraction of sp³-hybridized carbons (Fsp3) is 0.364. The van der Waals surface area contributed by atoms with Crippen molar-refractivity contribution in [1.29, 1.82) is 0 Å². The number of nitrogens with one attached hydrogen (secondary N) is 1. The molecule has 156 valence electrons. The molecule has 1 N–H and O–H groups in total. The summed E-state index contributed by atoms with van der Waals surface area (Å²) in [6, 6.07) is 11.8. The lowest BCUT2D eigenvalue weighted by atomic mass is 10.1. The van der Waals surface area contributed by atoms with Gasteiger partial charge in [0.05, 0.1) is 5.75 Å². The molecule has 7 heteroatoms. The standard InChI is InChI=1S/C22H26ClFN2O2S/c1-4-20(22(28)25-3)26(12-16-10-8-15(2)9-11-16)21(27)14-29-13-17-18(23)6-5-7-19(17)24/h5-11,20H,4,12-14H2,1-3H3,(H,25,28). The van der Waals surface area contributed by atoms with Crippen LogP contribution in [0.5, 0.6) is 0 Å². The number of thioether (sulfide) groups is 1. The minimum atomic E-state index is -0.563. The van der Waals surface area contributed by atoms with Gasteiger partial charge in [-0.1, -0.05) is 54.4 Å². The minimum Gasteiger partial charge on any atom is -0.357 e. The second-order valence-corrected chi connectivity index (χ2v) is 8.13. The molecule has 1 unspecified atom stereocenters. The maximum atomic E-state index is 13.9. The first kappa shape index (κ1) is 23.2. The van der Waals surface area contributed by atoms with Crippen molar-refractivity contribution >= 4 is 35.2 Å². The lowest BCUT2D eigenvalue weighted by molar-refractivity contribution is -0.139. The van der Waals surface area contributed by atoms with Crippen LogP contribution in [0.25, 0.3) is 0 Å². The molecular formula is C22H26ClFN2O2S. The number of nitrogens with zero attached hydrogens (tertiary/aromatic N) is 1. The van der Waals surface area contributed by atoms with Crippen LogP contribution in [0.1, 0.15) is 30.0 Å². The molecule has 0 fully saturated rings. The van der Waals surface area contributed by atoms with Crippen molar-refractivity contribution in [3.05, 3.63) is 70.0 Å². The molecule has 2 amide bonds. The Hall–Kier alpha value is -2.05. The van der Waals surface area contributed by atoms with Crippen molar-refractivity contribution in [2.24, 2.45) is 0 Å². The largest absolute Gasteiger partial charge is 0.357 e. The number of carbonyl (C=O) groups excluding carboxylic acids is 2. The van der Waals surface area contributed by atoms with E-state index >= 15 is 0 Å². The highest BCUT2D eigenvalue weighted by atomic mass is 35.5. The summed E-state index contributed by atoms with van der Waals surface area (Å²) in [4.78, 5) is 26.9. The molecule has 0 radical (unpaired) electrons. The fourth-order valence-corrected chi connectivity index (χ4v) is 4.22. The number of carbonyl (C=O) groups is 2. The summed E-state index contributed by atoms with van der Waals surface area (Å²) in [5, 5.41) is 2.98. The Morgan fingerprint density at radius 1 is 1.21 bits per heavy atom. The van der Waals surface area contributed by atoms with E-state index < -0.39 is 6.04 Å². The van der Waals surface area contributed by atoms with Gasteiger partial charge in [0.2, 0.25) is 11.8 Å². The van der Waals surface area contributed by atoms with Crippen molar-refractivity contribution in [3.8, 4) is 0 Å². The second kappa shape index (κ2) is 11.2. The number of rotatable bonds is 9. The Labute approximate surface area is 180 Å². The molecule has 29 heavy (non-hydrogen) atoms. The molecular weight excluding hydrogens is 411 g/mol. The highest BCUT2D eigenvalue weighted by molar-refractivity contribution is 7.99. The third kappa shape index (κ3) is 6.47. The quantitative estimate of drug-likeness (QED) is 0.626. The molecule has 2 rings (SSSR count). The van der Waals surface area contributed by atoms with Crippen LogP contribution in [0.4, 0.5) is 4.39 Å². The van der Waals surface area contributed by atoms with Gasteiger partial charge < -0.3 is 10.2 Å². The monoisotopic (exact) mass is 436 g/mol. The van der Waals surface area contributed by atoms with Gasteiger partial charge in [0.15, 0.2) is 0 Å². The van der Waals surface area contributed by atoms with E-state index in [1.807, 2.05) is 38.1 Å². The zero-order chi connectivity index (χ0) is 21.4. The number of aryl methyl sites for hydroxylation is 1. The molecule has 2 aromatic rings. The number of likely N-dealkylation sites (N-methyl/N-ethyl adjacent to an activating group) is 1. The van der Waals surface area contributed by atoms with Crippen LogP contribution in [0, 0.1) is 12.7 Å². The Kier molecular flexibility index (Phi) is 8.99. The van der Waals surface area contributed by atoms with E-state index in [0.717, 1.165) is 11.1 Å². The summed E-state index contributed by atoms with van der Waals surface area (Å²) in [7, 11) is 1.56. The average molecular weight is 437 g/mol. The van der Waals surface area contributed by atoms with Gasteiger partial charge >= 0.3 is 0 Å². The highest BCUT2D eigenvalue weighted by Gasteiger charge is 2.27. The van der Waals surface area contributed by atoms with Gasteiger partial charge in [-0.3, -0.25) is 9.59 Å². The van der Waals surface area contributed by atoms with Crippen molar-refractivity contribution in [2.45, 2.75) is 38.6 Å². The van der Waals surface area contributed by atoms with Gasteiger partial charge in [-0.2, -0.15) is 0 Å². The van der Waals surface area contributed by atoms with Crippen LogP contribution < -0.4 is 5.32 Å². The van der Waals surface area contributed by atoms with Crippen LogP contribution in [-0.4, -0.2) is 35.6 Å². The SMILES string of the molecule is CCC(C(=O)NC)N(Cc1ccc(C)cc1)C(=O)CSCc1c(F)cccc1Cl. The summed E-state index contributed by atoms with van der Waals surface area (Å²) >= 11 is 7.34. The molecule has 0 saturated heterocycles. The van der Waals surface area contributed by atoms with Crippen LogP contribution >= 0.6 is 23.4 Å². The number of hydrogen-bond acceptors (Lipinski definition) is 3. The predicted octanol–water partition coefficient (Wildman–Crippen LogP) is 4.57. The predicted molar refractivity (Wildman–Crippen MR) is 117 cm³/mol. The van der Waals surface area contributed by atoms with Gasteiger partial charge in [-0.05, 0) is 31.0 Å². The number of amides is 2. The number of benzene rings is 2. The van der Waals surface area contributed by atoms with Crippen molar-refractivity contribution in [2.75, 3.05) is 12.8 Å². The molecule has 0 bridgehead atoms. The molecule has 0 aliphatic carbocycles. The molecule has 1 atom stereocenters. The molecule has 0 aliphatic rings. The summed E-state index contributed by atoms with van der Waals surface area (Å²) in [5.41, 5.74) is 2.46. The molecule has 4 nitrogen and oxygen atoms in total. The minimum absolute atomic E-state index is 0.129.